The highest BCUT2D eigenvalue weighted by atomic mass is 16.5. The predicted molar refractivity (Wildman–Crippen MR) is 62.5 cm³/mol. The van der Waals surface area contributed by atoms with Crippen molar-refractivity contribution in [1.82, 2.24) is 14.9 Å². The van der Waals surface area contributed by atoms with Gasteiger partial charge in [-0.3, -0.25) is 4.90 Å². The molecular weight excluding hydrogens is 204 g/mol. The average molecular weight is 222 g/mol. The molecule has 5 nitrogen and oxygen atoms in total. The molecule has 0 amide bonds. The summed E-state index contributed by atoms with van der Waals surface area (Å²) in [6, 6.07) is 1.90. The maximum absolute atomic E-state index is 5.30. The van der Waals surface area contributed by atoms with Gasteiger partial charge in [-0.05, 0) is 13.0 Å². The van der Waals surface area contributed by atoms with Crippen LogP contribution in [0.15, 0.2) is 12.3 Å². The summed E-state index contributed by atoms with van der Waals surface area (Å²) in [4.78, 5) is 10.7. The Kier molecular flexibility index (Phi) is 4.07. The van der Waals surface area contributed by atoms with E-state index < -0.39 is 0 Å². The molecule has 2 rings (SSSR count). The third-order valence-electron chi connectivity index (χ3n) is 2.61. The second-order valence-electron chi connectivity index (χ2n) is 3.87. The molecule has 1 fully saturated rings. The molecule has 1 aromatic rings. The lowest BCUT2D eigenvalue weighted by molar-refractivity contribution is 0.0398. The van der Waals surface area contributed by atoms with E-state index in [1.165, 1.54) is 0 Å². The Bertz CT molecular complexity index is 326. The Labute approximate surface area is 95.8 Å². The quantitative estimate of drug-likeness (QED) is 0.805. The minimum absolute atomic E-state index is 0.802. The summed E-state index contributed by atoms with van der Waals surface area (Å²) in [6.07, 6.45) is 1.78. The van der Waals surface area contributed by atoms with E-state index in [1.54, 1.807) is 6.20 Å². The van der Waals surface area contributed by atoms with Crippen LogP contribution in [-0.4, -0.2) is 54.3 Å². The normalized spacial score (nSPS) is 17.3. The van der Waals surface area contributed by atoms with Crippen molar-refractivity contribution in [3.8, 4) is 0 Å². The summed E-state index contributed by atoms with van der Waals surface area (Å²) in [5.41, 5.74) is 0. The number of ether oxygens (including phenoxy) is 1. The molecule has 2 heterocycles. The van der Waals surface area contributed by atoms with Gasteiger partial charge in [0.2, 0.25) is 0 Å². The molecular formula is C11H18N4O. The van der Waals surface area contributed by atoms with E-state index in [0.717, 1.165) is 51.0 Å². The summed E-state index contributed by atoms with van der Waals surface area (Å²) in [7, 11) is 0. The number of hydrogen-bond acceptors (Lipinski definition) is 5. The molecule has 1 aliphatic heterocycles. The smallest absolute Gasteiger partial charge is 0.129 e. The topological polar surface area (TPSA) is 50.3 Å². The van der Waals surface area contributed by atoms with E-state index in [4.69, 9.17) is 4.74 Å². The van der Waals surface area contributed by atoms with Gasteiger partial charge in [0.1, 0.15) is 11.6 Å². The molecule has 5 heteroatoms. The molecule has 1 aromatic heterocycles. The van der Waals surface area contributed by atoms with Gasteiger partial charge in [-0.1, -0.05) is 0 Å². The maximum atomic E-state index is 5.30. The van der Waals surface area contributed by atoms with Gasteiger partial charge in [0.15, 0.2) is 0 Å². The first-order chi connectivity index (χ1) is 7.84. The number of aryl methyl sites for hydroxylation is 1. The van der Waals surface area contributed by atoms with Crippen molar-refractivity contribution in [3.05, 3.63) is 18.1 Å². The standard InChI is InChI=1S/C11H18N4O/c1-10-12-3-2-11(14-10)13-4-5-15-6-8-16-9-7-15/h2-3H,4-9H2,1H3,(H,12,13,14). The molecule has 1 N–H and O–H groups in total. The van der Waals surface area contributed by atoms with Crippen molar-refractivity contribution in [2.45, 2.75) is 6.92 Å². The maximum Gasteiger partial charge on any atom is 0.129 e. The Balaban J connectivity index is 1.71. The summed E-state index contributed by atoms with van der Waals surface area (Å²) in [5, 5.41) is 3.30. The van der Waals surface area contributed by atoms with Crippen LogP contribution in [0.4, 0.5) is 5.82 Å². The Morgan fingerprint density at radius 1 is 1.44 bits per heavy atom. The molecule has 0 aromatic carbocycles. The molecule has 0 aliphatic carbocycles. The monoisotopic (exact) mass is 222 g/mol. The zero-order chi connectivity index (χ0) is 11.2. The van der Waals surface area contributed by atoms with E-state index in [9.17, 15) is 0 Å². The van der Waals surface area contributed by atoms with E-state index in [2.05, 4.69) is 20.2 Å². The molecule has 0 atom stereocenters. The number of nitrogens with one attached hydrogen (secondary N) is 1. The molecule has 0 unspecified atom stereocenters. The molecule has 0 spiro atoms. The first-order valence-corrected chi connectivity index (χ1v) is 5.68. The average Bonchev–Trinajstić information content (AvgIpc) is 2.30. The highest BCUT2D eigenvalue weighted by molar-refractivity contribution is 5.32. The lowest BCUT2D eigenvalue weighted by Gasteiger charge is -2.26. The molecule has 0 saturated carbocycles. The van der Waals surface area contributed by atoms with Crippen molar-refractivity contribution in [3.63, 3.8) is 0 Å². The fraction of sp³-hybridized carbons (Fsp3) is 0.636. The summed E-state index contributed by atoms with van der Waals surface area (Å²) >= 11 is 0. The second kappa shape index (κ2) is 5.77. The van der Waals surface area contributed by atoms with Gasteiger partial charge >= 0.3 is 0 Å². The van der Waals surface area contributed by atoms with E-state index in [1.807, 2.05) is 13.0 Å². The van der Waals surface area contributed by atoms with E-state index >= 15 is 0 Å². The minimum atomic E-state index is 0.802. The third-order valence-corrected chi connectivity index (χ3v) is 2.61. The van der Waals surface area contributed by atoms with Crippen LogP contribution in [0.3, 0.4) is 0 Å². The summed E-state index contributed by atoms with van der Waals surface area (Å²) < 4.78 is 5.30. The lowest BCUT2D eigenvalue weighted by atomic mass is 10.4. The van der Waals surface area contributed by atoms with Gasteiger partial charge in [-0.25, -0.2) is 9.97 Å². The lowest BCUT2D eigenvalue weighted by Crippen LogP contribution is -2.39. The summed E-state index contributed by atoms with van der Waals surface area (Å²) in [6.45, 7) is 7.62. The first kappa shape index (κ1) is 11.3. The molecule has 0 bridgehead atoms. The Morgan fingerprint density at radius 2 is 2.25 bits per heavy atom. The van der Waals surface area contributed by atoms with Crippen molar-refractivity contribution >= 4 is 5.82 Å². The van der Waals surface area contributed by atoms with Gasteiger partial charge in [-0.15, -0.1) is 0 Å². The van der Waals surface area contributed by atoms with Crippen LogP contribution >= 0.6 is 0 Å². The predicted octanol–water partition coefficient (Wildman–Crippen LogP) is 0.529. The van der Waals surface area contributed by atoms with Crippen molar-refractivity contribution in [1.29, 1.82) is 0 Å². The summed E-state index contributed by atoms with van der Waals surface area (Å²) in [5.74, 6) is 1.71. The van der Waals surface area contributed by atoms with E-state index in [0.29, 0.717) is 0 Å². The van der Waals surface area contributed by atoms with Gasteiger partial charge in [-0.2, -0.15) is 0 Å². The van der Waals surface area contributed by atoms with Crippen molar-refractivity contribution in [2.75, 3.05) is 44.7 Å². The van der Waals surface area contributed by atoms with Gasteiger partial charge < -0.3 is 10.1 Å². The zero-order valence-electron chi connectivity index (χ0n) is 9.65. The van der Waals surface area contributed by atoms with Crippen LogP contribution in [-0.2, 0) is 4.74 Å². The van der Waals surface area contributed by atoms with Crippen molar-refractivity contribution < 1.29 is 4.74 Å². The number of rotatable bonds is 4. The van der Waals surface area contributed by atoms with Crippen molar-refractivity contribution in [2.24, 2.45) is 0 Å². The Morgan fingerprint density at radius 3 is 3.00 bits per heavy atom. The molecule has 0 radical (unpaired) electrons. The van der Waals surface area contributed by atoms with Crippen LogP contribution in [0.2, 0.25) is 0 Å². The van der Waals surface area contributed by atoms with Crippen LogP contribution in [0, 0.1) is 6.92 Å². The first-order valence-electron chi connectivity index (χ1n) is 5.68. The SMILES string of the molecule is Cc1nccc(NCCN2CCOCC2)n1. The number of morpholine rings is 1. The van der Waals surface area contributed by atoms with Crippen LogP contribution in [0.1, 0.15) is 5.82 Å². The number of nitrogens with zero attached hydrogens (tertiary/aromatic N) is 3. The van der Waals surface area contributed by atoms with Gasteiger partial charge in [0.05, 0.1) is 13.2 Å². The second-order valence-corrected chi connectivity index (χ2v) is 3.87. The van der Waals surface area contributed by atoms with Crippen LogP contribution in [0.25, 0.3) is 0 Å². The van der Waals surface area contributed by atoms with Crippen LogP contribution < -0.4 is 5.32 Å². The minimum Gasteiger partial charge on any atom is -0.379 e. The molecule has 1 saturated heterocycles. The molecule has 16 heavy (non-hydrogen) atoms. The zero-order valence-corrected chi connectivity index (χ0v) is 9.65. The fourth-order valence-electron chi connectivity index (χ4n) is 1.72. The highest BCUT2D eigenvalue weighted by Gasteiger charge is 2.09. The number of hydrogen-bond donors (Lipinski definition) is 1. The third kappa shape index (κ3) is 3.43. The number of aromatic nitrogens is 2. The van der Waals surface area contributed by atoms with Gasteiger partial charge in [0.25, 0.3) is 0 Å². The fourth-order valence-corrected chi connectivity index (χ4v) is 1.72. The van der Waals surface area contributed by atoms with Crippen LogP contribution in [0.5, 0.6) is 0 Å². The van der Waals surface area contributed by atoms with E-state index in [-0.39, 0.29) is 0 Å². The molecule has 88 valence electrons. The highest BCUT2D eigenvalue weighted by Crippen LogP contribution is 2.01. The number of anilines is 1. The molecule has 1 aliphatic rings. The largest absolute Gasteiger partial charge is 0.379 e. The van der Waals surface area contributed by atoms with Gasteiger partial charge in [0, 0.05) is 32.4 Å². The Hall–Kier alpha value is -1.20.